The van der Waals surface area contributed by atoms with Gasteiger partial charge in [-0.1, -0.05) is 37.8 Å². The first-order chi connectivity index (χ1) is 9.72. The minimum absolute atomic E-state index is 0. The Morgan fingerprint density at radius 3 is 2.55 bits per heavy atom. The molecule has 1 heterocycles. The van der Waals surface area contributed by atoms with Gasteiger partial charge >= 0.3 is 0 Å². The van der Waals surface area contributed by atoms with Crippen LogP contribution in [0.5, 0.6) is 0 Å². The van der Waals surface area contributed by atoms with Crippen LogP contribution in [-0.2, 0) is 0 Å². The maximum atomic E-state index is 6.20. The smallest absolute Gasteiger partial charge is 0.0410 e. The number of hydrogen-bond acceptors (Lipinski definition) is 3. The Morgan fingerprint density at radius 2 is 1.91 bits per heavy atom. The number of hydrogen-bond donors (Lipinski definition) is 2. The van der Waals surface area contributed by atoms with Crippen molar-refractivity contribution in [1.29, 1.82) is 0 Å². The highest BCUT2D eigenvalue weighted by Gasteiger charge is 2.23. The molecule has 0 radical (unpaired) electrons. The normalized spacial score (nSPS) is 16.5. The van der Waals surface area contributed by atoms with Gasteiger partial charge in [0, 0.05) is 42.9 Å². The van der Waals surface area contributed by atoms with Gasteiger partial charge in [0.25, 0.3) is 0 Å². The Morgan fingerprint density at radius 1 is 1.23 bits per heavy atom. The van der Waals surface area contributed by atoms with E-state index in [-0.39, 0.29) is 24.8 Å². The molecule has 1 fully saturated rings. The van der Waals surface area contributed by atoms with Crippen molar-refractivity contribution < 1.29 is 0 Å². The number of halogens is 3. The minimum Gasteiger partial charge on any atom is -0.398 e. The van der Waals surface area contributed by atoms with Crippen LogP contribution in [0.1, 0.15) is 44.2 Å². The van der Waals surface area contributed by atoms with Crippen LogP contribution in [0.4, 0.5) is 5.69 Å². The van der Waals surface area contributed by atoms with Crippen LogP contribution in [0.25, 0.3) is 0 Å². The molecule has 0 aliphatic carbocycles. The van der Waals surface area contributed by atoms with Crippen molar-refractivity contribution in [3.63, 3.8) is 0 Å². The summed E-state index contributed by atoms with van der Waals surface area (Å²) in [4.78, 5) is 2.55. The summed E-state index contributed by atoms with van der Waals surface area (Å²) in [6.45, 7) is 6.54. The molecule has 1 aromatic rings. The van der Waals surface area contributed by atoms with Crippen molar-refractivity contribution >= 4 is 42.1 Å². The first-order valence-electron chi connectivity index (χ1n) is 7.72. The molecular weight excluding hydrogens is 341 g/mol. The van der Waals surface area contributed by atoms with Crippen molar-refractivity contribution in [1.82, 2.24) is 10.2 Å². The largest absolute Gasteiger partial charge is 0.398 e. The molecule has 128 valence electrons. The predicted molar refractivity (Wildman–Crippen MR) is 102 cm³/mol. The van der Waals surface area contributed by atoms with E-state index in [1.54, 1.807) is 0 Å². The Kier molecular flexibility index (Phi) is 11.3. The molecule has 0 aromatic heterocycles. The Hall–Kier alpha value is -0.190. The van der Waals surface area contributed by atoms with Gasteiger partial charge in [-0.3, -0.25) is 4.90 Å². The summed E-state index contributed by atoms with van der Waals surface area (Å²) in [5, 5.41) is 4.20. The molecule has 2 rings (SSSR count). The second-order valence-electron chi connectivity index (χ2n) is 5.57. The molecule has 3 nitrogen and oxygen atoms in total. The first kappa shape index (κ1) is 21.8. The van der Waals surface area contributed by atoms with Gasteiger partial charge in [0.15, 0.2) is 0 Å². The molecule has 1 saturated heterocycles. The van der Waals surface area contributed by atoms with Crippen LogP contribution in [0.3, 0.4) is 0 Å². The molecule has 0 bridgehead atoms. The van der Waals surface area contributed by atoms with Crippen molar-refractivity contribution in [3.8, 4) is 0 Å². The van der Waals surface area contributed by atoms with Crippen LogP contribution in [-0.4, -0.2) is 31.1 Å². The second-order valence-corrected chi connectivity index (χ2v) is 6.01. The van der Waals surface area contributed by atoms with E-state index in [0.29, 0.717) is 6.04 Å². The van der Waals surface area contributed by atoms with Gasteiger partial charge in [-0.05, 0) is 30.2 Å². The number of nitrogens with one attached hydrogen (secondary N) is 1. The lowest BCUT2D eigenvalue weighted by Gasteiger charge is -2.36. The summed E-state index contributed by atoms with van der Waals surface area (Å²) in [6, 6.07) is 6.27. The fraction of sp³-hybridized carbons (Fsp3) is 0.625. The van der Waals surface area contributed by atoms with Gasteiger partial charge in [-0.25, -0.2) is 0 Å². The van der Waals surface area contributed by atoms with Crippen LogP contribution in [0.2, 0.25) is 5.02 Å². The van der Waals surface area contributed by atoms with Gasteiger partial charge in [0.2, 0.25) is 0 Å². The number of benzene rings is 1. The number of piperazine rings is 1. The van der Waals surface area contributed by atoms with Crippen LogP contribution >= 0.6 is 36.4 Å². The van der Waals surface area contributed by atoms with E-state index < -0.39 is 0 Å². The van der Waals surface area contributed by atoms with Crippen LogP contribution in [0.15, 0.2) is 18.2 Å². The zero-order chi connectivity index (χ0) is 14.4. The number of rotatable bonds is 6. The van der Waals surface area contributed by atoms with Gasteiger partial charge in [-0.2, -0.15) is 0 Å². The lowest BCUT2D eigenvalue weighted by molar-refractivity contribution is 0.163. The second kappa shape index (κ2) is 11.4. The molecule has 0 spiro atoms. The highest BCUT2D eigenvalue weighted by molar-refractivity contribution is 6.30. The zero-order valence-electron chi connectivity index (χ0n) is 13.2. The number of unbranched alkanes of at least 4 members (excludes halogenated alkanes) is 2. The number of nitrogens with zero attached hydrogens (tertiary/aromatic N) is 1. The van der Waals surface area contributed by atoms with Gasteiger partial charge in [-0.15, -0.1) is 24.8 Å². The monoisotopic (exact) mass is 367 g/mol. The summed E-state index contributed by atoms with van der Waals surface area (Å²) in [5.41, 5.74) is 8.27. The van der Waals surface area contributed by atoms with E-state index in [9.17, 15) is 0 Å². The molecule has 1 aromatic carbocycles. The number of nitrogen functional groups attached to an aromatic ring is 1. The quantitative estimate of drug-likeness (QED) is 0.581. The Balaban J connectivity index is 0.00000220. The van der Waals surface area contributed by atoms with E-state index in [1.807, 2.05) is 12.1 Å². The molecule has 3 N–H and O–H groups in total. The average Bonchev–Trinajstić information content (AvgIpc) is 2.48. The molecule has 1 atom stereocenters. The lowest BCUT2D eigenvalue weighted by atomic mass is 9.96. The summed E-state index contributed by atoms with van der Waals surface area (Å²) in [5.74, 6) is 0. The third-order valence-corrected chi connectivity index (χ3v) is 4.32. The minimum atomic E-state index is 0. The zero-order valence-corrected chi connectivity index (χ0v) is 15.6. The topological polar surface area (TPSA) is 41.3 Å². The van der Waals surface area contributed by atoms with Crippen LogP contribution < -0.4 is 11.1 Å². The van der Waals surface area contributed by atoms with E-state index in [1.165, 1.54) is 31.2 Å². The first-order valence-corrected chi connectivity index (χ1v) is 8.10. The fourth-order valence-electron chi connectivity index (χ4n) is 2.95. The SMILES string of the molecule is CCCCC[C@H](c1cc(Cl)ccc1N)N1CCNCC1.Cl.Cl. The molecule has 0 amide bonds. The Bertz CT molecular complexity index is 423. The van der Waals surface area contributed by atoms with Gasteiger partial charge in [0.05, 0.1) is 0 Å². The summed E-state index contributed by atoms with van der Waals surface area (Å²) < 4.78 is 0. The van der Waals surface area contributed by atoms with Crippen molar-refractivity contribution in [2.24, 2.45) is 0 Å². The summed E-state index contributed by atoms with van der Waals surface area (Å²) in [6.07, 6.45) is 4.94. The standard InChI is InChI=1S/C16H26ClN3.2ClH/c1-2-3-4-5-16(20-10-8-19-9-11-20)14-12-13(17)6-7-15(14)18;;/h6-7,12,16,19H,2-5,8-11,18H2,1H3;2*1H/t16-;;/m1../s1. The number of nitrogens with two attached hydrogens (primary N) is 1. The molecule has 1 aliphatic rings. The predicted octanol–water partition coefficient (Wildman–Crippen LogP) is 4.29. The maximum absolute atomic E-state index is 6.20. The number of anilines is 1. The summed E-state index contributed by atoms with van der Waals surface area (Å²) >= 11 is 6.17. The highest BCUT2D eigenvalue weighted by Crippen LogP contribution is 2.32. The van der Waals surface area contributed by atoms with Crippen molar-refractivity contribution in [2.75, 3.05) is 31.9 Å². The molecule has 0 saturated carbocycles. The van der Waals surface area contributed by atoms with E-state index in [4.69, 9.17) is 17.3 Å². The van der Waals surface area contributed by atoms with Gasteiger partial charge < -0.3 is 11.1 Å². The molecule has 0 unspecified atom stereocenters. The molecule has 6 heteroatoms. The lowest BCUT2D eigenvalue weighted by Crippen LogP contribution is -2.45. The van der Waals surface area contributed by atoms with E-state index >= 15 is 0 Å². The highest BCUT2D eigenvalue weighted by atomic mass is 35.5. The third kappa shape index (κ3) is 6.13. The fourth-order valence-corrected chi connectivity index (χ4v) is 3.13. The van der Waals surface area contributed by atoms with E-state index in [2.05, 4.69) is 23.2 Å². The van der Waals surface area contributed by atoms with Gasteiger partial charge in [0.1, 0.15) is 0 Å². The summed E-state index contributed by atoms with van der Waals surface area (Å²) in [7, 11) is 0. The van der Waals surface area contributed by atoms with Crippen molar-refractivity contribution in [2.45, 2.75) is 38.6 Å². The molecular formula is C16H28Cl3N3. The van der Waals surface area contributed by atoms with Crippen molar-refractivity contribution in [3.05, 3.63) is 28.8 Å². The average molecular weight is 369 g/mol. The maximum Gasteiger partial charge on any atom is 0.0410 e. The van der Waals surface area contributed by atoms with Crippen LogP contribution in [0, 0.1) is 0 Å². The molecule has 22 heavy (non-hydrogen) atoms. The Labute approximate surface area is 151 Å². The molecule has 1 aliphatic heterocycles. The van der Waals surface area contributed by atoms with E-state index in [0.717, 1.165) is 36.9 Å². The third-order valence-electron chi connectivity index (χ3n) is 4.08.